The van der Waals surface area contributed by atoms with Gasteiger partial charge >= 0.3 is 0 Å². The van der Waals surface area contributed by atoms with Gasteiger partial charge in [-0.25, -0.2) is 0 Å². The quantitative estimate of drug-likeness (QED) is 0.874. The van der Waals surface area contributed by atoms with E-state index in [1.165, 1.54) is 12.8 Å². The third kappa shape index (κ3) is 4.10. The Labute approximate surface area is 131 Å². The molecule has 2 aliphatic rings. The van der Waals surface area contributed by atoms with Crippen LogP contribution in [-0.4, -0.2) is 50.4 Å². The van der Waals surface area contributed by atoms with Crippen molar-refractivity contribution in [3.05, 3.63) is 28.8 Å². The van der Waals surface area contributed by atoms with E-state index in [0.29, 0.717) is 0 Å². The summed E-state index contributed by atoms with van der Waals surface area (Å²) in [6.45, 7) is 4.59. The Bertz CT molecular complexity index is 479. The molecule has 1 aromatic carbocycles. The molecule has 1 aliphatic carbocycles. The average molecular weight is 311 g/mol. The second-order valence-electron chi connectivity index (χ2n) is 5.81. The summed E-state index contributed by atoms with van der Waals surface area (Å²) in [5, 5.41) is 4.20. The summed E-state index contributed by atoms with van der Waals surface area (Å²) in [6.07, 6.45) is 3.00. The molecule has 1 heterocycles. The highest BCUT2D eigenvalue weighted by atomic mass is 35.5. The van der Waals surface area contributed by atoms with E-state index in [-0.39, 0.29) is 6.10 Å². The lowest BCUT2D eigenvalue weighted by atomic mass is 10.2. The molecule has 5 heteroatoms. The zero-order valence-corrected chi connectivity index (χ0v) is 13.2. The van der Waals surface area contributed by atoms with Crippen LogP contribution in [0.1, 0.15) is 18.4 Å². The fourth-order valence-corrected chi connectivity index (χ4v) is 3.08. The van der Waals surface area contributed by atoms with Gasteiger partial charge in [-0.3, -0.25) is 4.90 Å². The molecule has 1 aromatic rings. The van der Waals surface area contributed by atoms with E-state index in [2.05, 4.69) is 10.2 Å². The number of halogens is 1. The molecule has 116 valence electrons. The van der Waals surface area contributed by atoms with E-state index in [4.69, 9.17) is 21.1 Å². The van der Waals surface area contributed by atoms with Crippen LogP contribution in [0.3, 0.4) is 0 Å². The molecule has 1 N–H and O–H groups in total. The molecule has 0 aromatic heterocycles. The van der Waals surface area contributed by atoms with E-state index in [1.54, 1.807) is 7.11 Å². The summed E-state index contributed by atoms with van der Waals surface area (Å²) in [4.78, 5) is 2.57. The number of morpholine rings is 1. The average Bonchev–Trinajstić information content (AvgIpc) is 3.33. The highest BCUT2D eigenvalue weighted by Crippen LogP contribution is 2.28. The van der Waals surface area contributed by atoms with Crippen LogP contribution in [0.4, 0.5) is 0 Å². The minimum absolute atomic E-state index is 0.282. The van der Waals surface area contributed by atoms with E-state index in [9.17, 15) is 0 Å². The number of hydrogen-bond acceptors (Lipinski definition) is 4. The van der Waals surface area contributed by atoms with Crippen molar-refractivity contribution in [1.82, 2.24) is 10.2 Å². The number of hydrogen-bond donors (Lipinski definition) is 1. The summed E-state index contributed by atoms with van der Waals surface area (Å²) in [5.74, 6) is 0.871. The molecule has 2 fully saturated rings. The molecular formula is C16H23ClN2O2. The van der Waals surface area contributed by atoms with Crippen LogP contribution in [0, 0.1) is 0 Å². The number of ether oxygens (including phenoxy) is 2. The molecule has 0 radical (unpaired) electrons. The van der Waals surface area contributed by atoms with Gasteiger partial charge < -0.3 is 14.8 Å². The van der Waals surface area contributed by atoms with Gasteiger partial charge in [0.1, 0.15) is 5.75 Å². The van der Waals surface area contributed by atoms with Gasteiger partial charge in [0.25, 0.3) is 0 Å². The van der Waals surface area contributed by atoms with Crippen LogP contribution < -0.4 is 10.1 Å². The highest BCUT2D eigenvalue weighted by molar-refractivity contribution is 6.30. The highest BCUT2D eigenvalue weighted by Gasteiger charge is 2.32. The van der Waals surface area contributed by atoms with E-state index in [0.717, 1.165) is 55.2 Å². The Morgan fingerprint density at radius 1 is 1.43 bits per heavy atom. The molecule has 0 spiro atoms. The summed E-state index contributed by atoms with van der Waals surface area (Å²) >= 11 is 6.05. The molecule has 1 aliphatic heterocycles. The summed E-state index contributed by atoms with van der Waals surface area (Å²) in [7, 11) is 1.69. The molecule has 0 bridgehead atoms. The van der Waals surface area contributed by atoms with Crippen molar-refractivity contribution in [2.75, 3.05) is 33.4 Å². The van der Waals surface area contributed by atoms with Gasteiger partial charge in [0, 0.05) is 42.8 Å². The summed E-state index contributed by atoms with van der Waals surface area (Å²) in [5.41, 5.74) is 1.08. The Balaban J connectivity index is 1.48. The van der Waals surface area contributed by atoms with E-state index >= 15 is 0 Å². The molecular weight excluding hydrogens is 288 g/mol. The fourth-order valence-electron chi connectivity index (χ4n) is 2.89. The lowest BCUT2D eigenvalue weighted by Gasteiger charge is -2.33. The third-order valence-electron chi connectivity index (χ3n) is 4.16. The maximum atomic E-state index is 6.05. The SMILES string of the molecule is COc1ccc(Cl)cc1CNC[C@H]1CN(C2CC2)CCO1. The number of nitrogens with one attached hydrogen (secondary N) is 1. The van der Waals surface area contributed by atoms with Gasteiger partial charge in [-0.1, -0.05) is 11.6 Å². The topological polar surface area (TPSA) is 33.7 Å². The maximum Gasteiger partial charge on any atom is 0.123 e. The normalized spacial score (nSPS) is 23.2. The molecule has 1 saturated heterocycles. The predicted molar refractivity (Wildman–Crippen MR) is 84.0 cm³/mol. The number of nitrogens with zero attached hydrogens (tertiary/aromatic N) is 1. The molecule has 1 saturated carbocycles. The smallest absolute Gasteiger partial charge is 0.123 e. The Morgan fingerprint density at radius 2 is 2.29 bits per heavy atom. The standard InChI is InChI=1S/C16H23ClN2O2/c1-20-16-5-2-13(17)8-12(16)9-18-10-15-11-19(6-7-21-15)14-3-4-14/h2,5,8,14-15,18H,3-4,6-7,9-11H2,1H3/t15-/m0/s1. The molecule has 0 unspecified atom stereocenters. The third-order valence-corrected chi connectivity index (χ3v) is 4.40. The van der Waals surface area contributed by atoms with E-state index < -0.39 is 0 Å². The molecule has 4 nitrogen and oxygen atoms in total. The van der Waals surface area contributed by atoms with Crippen LogP contribution in [0.25, 0.3) is 0 Å². The Morgan fingerprint density at radius 3 is 3.05 bits per heavy atom. The zero-order chi connectivity index (χ0) is 14.7. The molecule has 1 atom stereocenters. The Hall–Kier alpha value is -0.810. The second kappa shape index (κ2) is 6.97. The largest absolute Gasteiger partial charge is 0.496 e. The van der Waals surface area contributed by atoms with Crippen LogP contribution in [0.2, 0.25) is 5.02 Å². The monoisotopic (exact) mass is 310 g/mol. The number of benzene rings is 1. The van der Waals surface area contributed by atoms with Crippen molar-refractivity contribution in [1.29, 1.82) is 0 Å². The minimum Gasteiger partial charge on any atom is -0.496 e. The number of methoxy groups -OCH3 is 1. The fraction of sp³-hybridized carbons (Fsp3) is 0.625. The second-order valence-corrected chi connectivity index (χ2v) is 6.24. The molecule has 3 rings (SSSR count). The zero-order valence-electron chi connectivity index (χ0n) is 12.5. The van der Waals surface area contributed by atoms with Crippen molar-refractivity contribution >= 4 is 11.6 Å². The first kappa shape index (κ1) is 15.1. The van der Waals surface area contributed by atoms with Crippen molar-refractivity contribution in [2.24, 2.45) is 0 Å². The Kier molecular flexibility index (Phi) is 5.01. The minimum atomic E-state index is 0.282. The van der Waals surface area contributed by atoms with Crippen molar-refractivity contribution in [3.8, 4) is 5.75 Å². The predicted octanol–water partition coefficient (Wildman–Crippen LogP) is 2.30. The van der Waals surface area contributed by atoms with Gasteiger partial charge in [0.15, 0.2) is 0 Å². The molecule has 21 heavy (non-hydrogen) atoms. The lowest BCUT2D eigenvalue weighted by Crippen LogP contribution is -2.47. The first-order valence-electron chi connectivity index (χ1n) is 7.65. The van der Waals surface area contributed by atoms with Crippen LogP contribution in [0.5, 0.6) is 5.75 Å². The van der Waals surface area contributed by atoms with Crippen molar-refractivity contribution < 1.29 is 9.47 Å². The van der Waals surface area contributed by atoms with Gasteiger partial charge in [-0.15, -0.1) is 0 Å². The first-order chi connectivity index (χ1) is 10.3. The summed E-state index contributed by atoms with van der Waals surface area (Å²) < 4.78 is 11.2. The molecule has 0 amide bonds. The van der Waals surface area contributed by atoms with Crippen LogP contribution >= 0.6 is 11.6 Å². The summed E-state index contributed by atoms with van der Waals surface area (Å²) in [6, 6.07) is 6.53. The lowest BCUT2D eigenvalue weighted by molar-refractivity contribution is -0.0301. The van der Waals surface area contributed by atoms with Crippen LogP contribution in [0.15, 0.2) is 18.2 Å². The van der Waals surface area contributed by atoms with Gasteiger partial charge in [0.2, 0.25) is 0 Å². The van der Waals surface area contributed by atoms with Crippen LogP contribution in [-0.2, 0) is 11.3 Å². The van der Waals surface area contributed by atoms with Gasteiger partial charge in [0.05, 0.1) is 19.8 Å². The maximum absolute atomic E-state index is 6.05. The van der Waals surface area contributed by atoms with Gasteiger partial charge in [-0.05, 0) is 31.0 Å². The van der Waals surface area contributed by atoms with Gasteiger partial charge in [-0.2, -0.15) is 0 Å². The first-order valence-corrected chi connectivity index (χ1v) is 8.03. The van der Waals surface area contributed by atoms with Crippen molar-refractivity contribution in [3.63, 3.8) is 0 Å². The number of rotatable bonds is 6. The van der Waals surface area contributed by atoms with E-state index in [1.807, 2.05) is 18.2 Å². The van der Waals surface area contributed by atoms with Crippen molar-refractivity contribution in [2.45, 2.75) is 31.5 Å².